The Bertz CT molecular complexity index is 1430. The zero-order valence-electron chi connectivity index (χ0n) is 25.5. The molecular formula is C38H45NO3. The summed E-state index contributed by atoms with van der Waals surface area (Å²) in [5.74, 6) is 1.41. The highest BCUT2D eigenvalue weighted by molar-refractivity contribution is 5.89. The molecule has 0 spiro atoms. The standard InChI is InChI=1S/C38H45NO3/c1-27-24-32(39-22-20-30(21-23-39)38(40-2)41-3)15-18-34(27)37-35(29-12-8-5-9-13-29)17-14-31-25-33(16-19-36(31)37)42-26-28-10-6-4-7-11-28/h4,6-7,10-12,15-16,18-19,24-25,30,38H,5,8-9,13-14,17,20-23,26H2,1-3H3. The maximum atomic E-state index is 6.24. The summed E-state index contributed by atoms with van der Waals surface area (Å²) in [6.45, 7) is 4.95. The van der Waals surface area contributed by atoms with E-state index in [4.69, 9.17) is 14.2 Å². The van der Waals surface area contributed by atoms with Crippen molar-refractivity contribution in [2.24, 2.45) is 5.92 Å². The van der Waals surface area contributed by atoms with E-state index in [-0.39, 0.29) is 6.29 Å². The molecule has 2 aliphatic carbocycles. The van der Waals surface area contributed by atoms with E-state index in [0.29, 0.717) is 12.5 Å². The maximum absolute atomic E-state index is 6.24. The third-order valence-corrected chi connectivity index (χ3v) is 9.45. The van der Waals surface area contributed by atoms with Crippen molar-refractivity contribution in [2.45, 2.75) is 71.2 Å². The van der Waals surface area contributed by atoms with Crippen molar-refractivity contribution in [3.05, 3.63) is 112 Å². The average Bonchev–Trinajstić information content (AvgIpc) is 3.05. The van der Waals surface area contributed by atoms with Crippen molar-refractivity contribution in [3.63, 3.8) is 0 Å². The molecule has 4 nitrogen and oxygen atoms in total. The van der Waals surface area contributed by atoms with Crippen LogP contribution in [0.1, 0.15) is 72.8 Å². The van der Waals surface area contributed by atoms with Gasteiger partial charge in [-0.2, -0.15) is 0 Å². The van der Waals surface area contributed by atoms with Crippen LogP contribution in [0.3, 0.4) is 0 Å². The van der Waals surface area contributed by atoms with Gasteiger partial charge in [-0.05, 0) is 127 Å². The molecule has 6 rings (SSSR count). The molecule has 220 valence electrons. The summed E-state index contributed by atoms with van der Waals surface area (Å²) >= 11 is 0. The van der Waals surface area contributed by atoms with E-state index in [1.165, 1.54) is 64.8 Å². The first kappa shape index (κ1) is 28.8. The summed E-state index contributed by atoms with van der Waals surface area (Å²) < 4.78 is 17.3. The number of benzene rings is 3. The monoisotopic (exact) mass is 563 g/mol. The molecule has 0 saturated carbocycles. The van der Waals surface area contributed by atoms with Crippen molar-refractivity contribution in [1.82, 2.24) is 0 Å². The third kappa shape index (κ3) is 6.21. The fourth-order valence-corrected chi connectivity index (χ4v) is 7.18. The molecule has 4 heteroatoms. The number of aryl methyl sites for hydroxylation is 2. The van der Waals surface area contributed by atoms with E-state index in [1.54, 1.807) is 25.4 Å². The van der Waals surface area contributed by atoms with Gasteiger partial charge >= 0.3 is 0 Å². The Morgan fingerprint density at radius 1 is 0.833 bits per heavy atom. The van der Waals surface area contributed by atoms with Gasteiger partial charge in [0.15, 0.2) is 6.29 Å². The predicted molar refractivity (Wildman–Crippen MR) is 172 cm³/mol. The van der Waals surface area contributed by atoms with Crippen molar-refractivity contribution in [1.29, 1.82) is 0 Å². The molecule has 0 atom stereocenters. The molecule has 1 aliphatic heterocycles. The minimum Gasteiger partial charge on any atom is -0.489 e. The SMILES string of the molecule is COC(OC)C1CCN(c2ccc(C3=C(C4=CCCCC4)CCc4cc(OCc5ccccc5)ccc43)c(C)c2)CC1. The number of fused-ring (bicyclic) bond motifs is 1. The van der Waals surface area contributed by atoms with Gasteiger partial charge in [-0.15, -0.1) is 0 Å². The van der Waals surface area contributed by atoms with E-state index in [0.717, 1.165) is 44.5 Å². The second kappa shape index (κ2) is 13.3. The molecule has 0 bridgehead atoms. The molecule has 0 unspecified atom stereocenters. The molecule has 1 heterocycles. The summed E-state index contributed by atoms with van der Waals surface area (Å²) in [7, 11) is 3.49. The Hall–Kier alpha value is -3.34. The smallest absolute Gasteiger partial charge is 0.159 e. The van der Waals surface area contributed by atoms with Crippen molar-refractivity contribution in [2.75, 3.05) is 32.2 Å². The number of piperidine rings is 1. The number of ether oxygens (including phenoxy) is 3. The second-order valence-electron chi connectivity index (χ2n) is 12.1. The minimum absolute atomic E-state index is 0.105. The number of hydrogen-bond acceptors (Lipinski definition) is 4. The highest BCUT2D eigenvalue weighted by atomic mass is 16.7. The lowest BCUT2D eigenvalue weighted by Crippen LogP contribution is -2.39. The van der Waals surface area contributed by atoms with Crippen molar-refractivity contribution < 1.29 is 14.2 Å². The number of allylic oxidation sites excluding steroid dienone is 3. The van der Waals surface area contributed by atoms with Crippen LogP contribution in [0.2, 0.25) is 0 Å². The fraction of sp³-hybridized carbons (Fsp3) is 0.421. The quantitative estimate of drug-likeness (QED) is 0.244. The number of rotatable bonds is 9. The van der Waals surface area contributed by atoms with E-state index >= 15 is 0 Å². The van der Waals surface area contributed by atoms with Gasteiger partial charge in [-0.3, -0.25) is 0 Å². The van der Waals surface area contributed by atoms with Gasteiger partial charge < -0.3 is 19.1 Å². The molecule has 42 heavy (non-hydrogen) atoms. The molecule has 0 radical (unpaired) electrons. The molecule has 1 saturated heterocycles. The molecule has 3 aromatic rings. The van der Waals surface area contributed by atoms with Crippen LogP contribution in [-0.4, -0.2) is 33.6 Å². The zero-order valence-corrected chi connectivity index (χ0v) is 25.5. The number of anilines is 1. The highest BCUT2D eigenvalue weighted by Gasteiger charge is 2.28. The fourth-order valence-electron chi connectivity index (χ4n) is 7.18. The molecule has 0 N–H and O–H groups in total. The van der Waals surface area contributed by atoms with Crippen LogP contribution in [0.25, 0.3) is 5.57 Å². The summed E-state index contributed by atoms with van der Waals surface area (Å²) in [4.78, 5) is 2.53. The summed E-state index contributed by atoms with van der Waals surface area (Å²) in [6.07, 6.45) is 11.7. The molecule has 0 amide bonds. The number of methoxy groups -OCH3 is 2. The lowest BCUT2D eigenvalue weighted by molar-refractivity contribution is -0.141. The van der Waals surface area contributed by atoms with Crippen LogP contribution < -0.4 is 9.64 Å². The first-order chi connectivity index (χ1) is 20.6. The Labute approximate surface area is 252 Å². The molecule has 0 aromatic heterocycles. The van der Waals surface area contributed by atoms with Crippen LogP contribution in [-0.2, 0) is 22.5 Å². The van der Waals surface area contributed by atoms with E-state index < -0.39 is 0 Å². The van der Waals surface area contributed by atoms with Crippen molar-refractivity contribution in [3.8, 4) is 5.75 Å². The normalized spacial score (nSPS) is 17.8. The van der Waals surface area contributed by atoms with Crippen LogP contribution in [0.4, 0.5) is 5.69 Å². The van der Waals surface area contributed by atoms with Gasteiger partial charge in [0, 0.05) is 38.9 Å². The summed E-state index contributed by atoms with van der Waals surface area (Å²) in [5, 5.41) is 0. The lowest BCUT2D eigenvalue weighted by Gasteiger charge is -2.36. The molecule has 3 aromatic carbocycles. The molecular weight excluding hydrogens is 518 g/mol. The van der Waals surface area contributed by atoms with Gasteiger partial charge in [-0.1, -0.05) is 48.5 Å². The Balaban J connectivity index is 1.29. The first-order valence-electron chi connectivity index (χ1n) is 15.8. The highest BCUT2D eigenvalue weighted by Crippen LogP contribution is 2.44. The predicted octanol–water partition coefficient (Wildman–Crippen LogP) is 8.66. The van der Waals surface area contributed by atoms with E-state index in [1.807, 2.05) is 6.07 Å². The van der Waals surface area contributed by atoms with Gasteiger partial charge in [0.05, 0.1) is 0 Å². The number of nitrogens with zero attached hydrogens (tertiary/aromatic N) is 1. The number of hydrogen-bond donors (Lipinski definition) is 0. The second-order valence-corrected chi connectivity index (χ2v) is 12.1. The van der Waals surface area contributed by atoms with E-state index in [9.17, 15) is 0 Å². The van der Waals surface area contributed by atoms with Crippen LogP contribution in [0.5, 0.6) is 5.75 Å². The Morgan fingerprint density at radius 3 is 2.33 bits per heavy atom. The summed E-state index contributed by atoms with van der Waals surface area (Å²) in [6, 6.07) is 24.3. The lowest BCUT2D eigenvalue weighted by atomic mass is 9.76. The van der Waals surface area contributed by atoms with Crippen molar-refractivity contribution >= 4 is 11.3 Å². The topological polar surface area (TPSA) is 30.9 Å². The maximum Gasteiger partial charge on any atom is 0.159 e. The third-order valence-electron chi connectivity index (χ3n) is 9.45. The van der Waals surface area contributed by atoms with Crippen LogP contribution >= 0.6 is 0 Å². The van der Waals surface area contributed by atoms with Crippen LogP contribution in [0.15, 0.2) is 84.0 Å². The zero-order chi connectivity index (χ0) is 28.9. The Morgan fingerprint density at radius 2 is 1.62 bits per heavy atom. The van der Waals surface area contributed by atoms with Crippen LogP contribution in [0, 0.1) is 12.8 Å². The Kier molecular flexibility index (Phi) is 9.12. The molecule has 3 aliphatic rings. The summed E-state index contributed by atoms with van der Waals surface area (Å²) in [5.41, 5.74) is 12.6. The molecule has 1 fully saturated rings. The van der Waals surface area contributed by atoms with Gasteiger partial charge in [0.1, 0.15) is 12.4 Å². The van der Waals surface area contributed by atoms with Gasteiger partial charge in [0.2, 0.25) is 0 Å². The van der Waals surface area contributed by atoms with E-state index in [2.05, 4.69) is 78.6 Å². The first-order valence-corrected chi connectivity index (χ1v) is 15.8. The largest absolute Gasteiger partial charge is 0.489 e. The average molecular weight is 564 g/mol. The minimum atomic E-state index is -0.105. The van der Waals surface area contributed by atoms with Gasteiger partial charge in [-0.25, -0.2) is 0 Å². The van der Waals surface area contributed by atoms with Gasteiger partial charge in [0.25, 0.3) is 0 Å².